The Hall–Kier alpha value is -3.09. The topological polar surface area (TPSA) is 59.5 Å². The highest BCUT2D eigenvalue weighted by Crippen LogP contribution is 2.35. The normalized spacial score (nSPS) is 17.3. The number of likely N-dealkylation sites (tertiary alicyclic amines) is 1. The predicted octanol–water partition coefficient (Wildman–Crippen LogP) is 4.52. The Balaban J connectivity index is 1.58. The van der Waals surface area contributed by atoms with E-state index in [1.54, 1.807) is 24.5 Å². The molecule has 3 aromatic heterocycles. The number of piperidine rings is 1. The third kappa shape index (κ3) is 3.96. The minimum atomic E-state index is -0.253. The highest BCUT2D eigenvalue weighted by atomic mass is 19.1. The van der Waals surface area contributed by atoms with E-state index in [4.69, 9.17) is 10.8 Å². The highest BCUT2D eigenvalue weighted by Gasteiger charge is 2.22. The van der Waals surface area contributed by atoms with Crippen LogP contribution in [0.5, 0.6) is 0 Å². The molecule has 158 valence electrons. The number of halogens is 1. The average Bonchev–Trinajstić information content (AvgIpc) is 3.19. The van der Waals surface area contributed by atoms with E-state index in [9.17, 15) is 4.39 Å². The molecule has 1 aromatic carbocycles. The van der Waals surface area contributed by atoms with Gasteiger partial charge in [-0.3, -0.25) is 9.88 Å². The molecule has 0 aliphatic carbocycles. The summed E-state index contributed by atoms with van der Waals surface area (Å²) < 4.78 is 15.5. The van der Waals surface area contributed by atoms with Crippen molar-refractivity contribution in [2.45, 2.75) is 31.8 Å². The van der Waals surface area contributed by atoms with Crippen LogP contribution in [0.3, 0.4) is 0 Å². The Kier molecular flexibility index (Phi) is 5.49. The van der Waals surface area contributed by atoms with Gasteiger partial charge in [0.15, 0.2) is 0 Å². The molecule has 0 unspecified atom stereocenters. The number of hydrogen-bond donors (Lipinski definition) is 1. The van der Waals surface area contributed by atoms with E-state index in [-0.39, 0.29) is 5.82 Å². The first-order valence-corrected chi connectivity index (χ1v) is 10.8. The summed E-state index contributed by atoms with van der Waals surface area (Å²) in [5, 5.41) is 4.91. The molecule has 5 nitrogen and oxygen atoms in total. The van der Waals surface area contributed by atoms with Crippen molar-refractivity contribution >= 4 is 5.52 Å². The van der Waals surface area contributed by atoms with Crippen molar-refractivity contribution < 1.29 is 4.39 Å². The first kappa shape index (κ1) is 19.8. The number of pyridine rings is 2. The lowest BCUT2D eigenvalue weighted by Gasteiger charge is -2.34. The lowest BCUT2D eigenvalue weighted by atomic mass is 10.00. The van der Waals surface area contributed by atoms with Crippen molar-refractivity contribution in [3.05, 3.63) is 78.5 Å². The minimum Gasteiger partial charge on any atom is -0.329 e. The zero-order valence-corrected chi connectivity index (χ0v) is 17.4. The van der Waals surface area contributed by atoms with Crippen LogP contribution in [-0.4, -0.2) is 38.6 Å². The Morgan fingerprint density at radius 2 is 1.77 bits per heavy atom. The van der Waals surface area contributed by atoms with Gasteiger partial charge in [0.05, 0.1) is 5.52 Å². The summed E-state index contributed by atoms with van der Waals surface area (Å²) in [6, 6.07) is 15.2. The van der Waals surface area contributed by atoms with Crippen LogP contribution in [0.2, 0.25) is 0 Å². The SMILES string of the molecule is NC[C@H]1CCCCN1Cc1ccc2c(-c3ccncc3)c(-c3ccc(F)cc3)nn2c1. The number of hydrogen-bond acceptors (Lipinski definition) is 4. The van der Waals surface area contributed by atoms with Crippen LogP contribution >= 0.6 is 0 Å². The largest absolute Gasteiger partial charge is 0.329 e. The molecule has 1 atom stereocenters. The summed E-state index contributed by atoms with van der Waals surface area (Å²) in [6.45, 7) is 2.65. The first-order chi connectivity index (χ1) is 15.2. The predicted molar refractivity (Wildman–Crippen MR) is 121 cm³/mol. The molecular formula is C25H26FN5. The molecule has 0 spiro atoms. The molecule has 4 heterocycles. The van der Waals surface area contributed by atoms with Crippen molar-refractivity contribution in [3.8, 4) is 22.4 Å². The van der Waals surface area contributed by atoms with Crippen LogP contribution < -0.4 is 5.73 Å². The minimum absolute atomic E-state index is 0.253. The molecule has 4 aromatic rings. The number of aromatic nitrogens is 3. The molecule has 1 fully saturated rings. The molecular weight excluding hydrogens is 389 g/mol. The molecule has 0 bridgehead atoms. The number of rotatable bonds is 5. The standard InChI is InChI=1S/C25H26FN5/c26-21-7-5-20(6-8-21)25-24(19-10-12-28-13-11-19)23-9-4-18(17-31(23)29-25)16-30-14-2-1-3-22(30)15-27/h4-13,17,22H,1-3,14-16,27H2/t22-/m1/s1. The van der Waals surface area contributed by atoms with Gasteiger partial charge in [0.25, 0.3) is 0 Å². The van der Waals surface area contributed by atoms with Crippen molar-refractivity contribution in [3.63, 3.8) is 0 Å². The Bertz CT molecular complexity index is 1170. The Morgan fingerprint density at radius 1 is 0.968 bits per heavy atom. The number of nitrogens with zero attached hydrogens (tertiary/aromatic N) is 4. The summed E-state index contributed by atoms with van der Waals surface area (Å²) >= 11 is 0. The maximum Gasteiger partial charge on any atom is 0.123 e. The quantitative estimate of drug-likeness (QED) is 0.521. The van der Waals surface area contributed by atoms with Crippen LogP contribution in [0.4, 0.5) is 4.39 Å². The molecule has 1 aliphatic rings. The molecule has 5 rings (SSSR count). The van der Waals surface area contributed by atoms with Gasteiger partial charge in [0, 0.05) is 48.8 Å². The fourth-order valence-corrected chi connectivity index (χ4v) is 4.57. The van der Waals surface area contributed by atoms with Gasteiger partial charge in [-0.15, -0.1) is 0 Å². The van der Waals surface area contributed by atoms with Gasteiger partial charge in [-0.2, -0.15) is 5.10 Å². The molecule has 2 N–H and O–H groups in total. The molecule has 1 aliphatic heterocycles. The summed E-state index contributed by atoms with van der Waals surface area (Å²) in [6.07, 6.45) is 9.32. The van der Waals surface area contributed by atoms with Crippen LogP contribution in [0, 0.1) is 5.82 Å². The lowest BCUT2D eigenvalue weighted by Crippen LogP contribution is -2.43. The van der Waals surface area contributed by atoms with Gasteiger partial charge in [-0.25, -0.2) is 8.91 Å². The number of nitrogens with two attached hydrogens (primary N) is 1. The number of benzene rings is 1. The molecule has 0 amide bonds. The second-order valence-electron chi connectivity index (χ2n) is 8.19. The van der Waals surface area contributed by atoms with Crippen LogP contribution in [0.1, 0.15) is 24.8 Å². The first-order valence-electron chi connectivity index (χ1n) is 10.8. The summed E-state index contributed by atoms with van der Waals surface area (Å²) in [5.41, 5.74) is 12.0. The van der Waals surface area contributed by atoms with E-state index >= 15 is 0 Å². The maximum atomic E-state index is 13.5. The molecule has 6 heteroatoms. The molecule has 0 saturated carbocycles. The summed E-state index contributed by atoms with van der Waals surface area (Å²) in [4.78, 5) is 6.64. The Labute approximate surface area is 181 Å². The molecule has 0 radical (unpaired) electrons. The van der Waals surface area contributed by atoms with E-state index in [1.165, 1.54) is 37.0 Å². The second-order valence-corrected chi connectivity index (χ2v) is 8.19. The van der Waals surface area contributed by atoms with Gasteiger partial charge in [-0.05, 0) is 73.0 Å². The van der Waals surface area contributed by atoms with Crippen LogP contribution in [0.25, 0.3) is 27.9 Å². The average molecular weight is 416 g/mol. The number of fused-ring (bicyclic) bond motifs is 1. The monoisotopic (exact) mass is 415 g/mol. The van der Waals surface area contributed by atoms with Crippen LogP contribution in [0.15, 0.2) is 67.1 Å². The van der Waals surface area contributed by atoms with Crippen molar-refractivity contribution in [2.24, 2.45) is 5.73 Å². The maximum absolute atomic E-state index is 13.5. The lowest BCUT2D eigenvalue weighted by molar-refractivity contribution is 0.144. The van der Waals surface area contributed by atoms with E-state index < -0.39 is 0 Å². The van der Waals surface area contributed by atoms with E-state index in [0.717, 1.165) is 41.0 Å². The Morgan fingerprint density at radius 3 is 2.55 bits per heavy atom. The van der Waals surface area contributed by atoms with Gasteiger partial charge in [-0.1, -0.05) is 12.5 Å². The summed E-state index contributed by atoms with van der Waals surface area (Å²) in [7, 11) is 0. The van der Waals surface area contributed by atoms with Gasteiger partial charge < -0.3 is 5.73 Å². The smallest absolute Gasteiger partial charge is 0.123 e. The van der Waals surface area contributed by atoms with Crippen molar-refractivity contribution in [1.29, 1.82) is 0 Å². The van der Waals surface area contributed by atoms with E-state index in [1.807, 2.05) is 16.6 Å². The molecule has 31 heavy (non-hydrogen) atoms. The van der Waals surface area contributed by atoms with Gasteiger partial charge in [0.1, 0.15) is 11.5 Å². The van der Waals surface area contributed by atoms with Gasteiger partial charge in [0.2, 0.25) is 0 Å². The second kappa shape index (κ2) is 8.57. The van der Waals surface area contributed by atoms with Crippen molar-refractivity contribution in [2.75, 3.05) is 13.1 Å². The van der Waals surface area contributed by atoms with E-state index in [0.29, 0.717) is 12.6 Å². The zero-order chi connectivity index (χ0) is 21.2. The van der Waals surface area contributed by atoms with Crippen LogP contribution in [-0.2, 0) is 6.54 Å². The third-order valence-corrected chi connectivity index (χ3v) is 6.18. The fraction of sp³-hybridized carbons (Fsp3) is 0.280. The van der Waals surface area contributed by atoms with Gasteiger partial charge >= 0.3 is 0 Å². The third-order valence-electron chi connectivity index (χ3n) is 6.18. The van der Waals surface area contributed by atoms with Crippen molar-refractivity contribution in [1.82, 2.24) is 19.5 Å². The fourth-order valence-electron chi connectivity index (χ4n) is 4.57. The highest BCUT2D eigenvalue weighted by molar-refractivity contribution is 5.92. The zero-order valence-electron chi connectivity index (χ0n) is 17.4. The summed E-state index contributed by atoms with van der Waals surface area (Å²) in [5.74, 6) is -0.253. The molecule has 1 saturated heterocycles. The van der Waals surface area contributed by atoms with E-state index in [2.05, 4.69) is 28.2 Å².